The highest BCUT2D eigenvalue weighted by atomic mass is 35.5. The maximum atomic E-state index is 12.7. The summed E-state index contributed by atoms with van der Waals surface area (Å²) in [5.74, 6) is 0.157. The molecule has 124 valence electrons. The molecule has 1 saturated carbocycles. The number of sulfonamides is 1. The van der Waals surface area contributed by atoms with Gasteiger partial charge < -0.3 is 5.11 Å². The van der Waals surface area contributed by atoms with Crippen molar-refractivity contribution in [3.8, 4) is 5.75 Å². The fourth-order valence-corrected chi connectivity index (χ4v) is 4.59. The number of benzene rings is 1. The zero-order valence-electron chi connectivity index (χ0n) is 12.7. The topological polar surface area (TPSA) is 84.2 Å². The lowest BCUT2D eigenvalue weighted by Gasteiger charge is -2.12. The lowest BCUT2D eigenvalue weighted by molar-refractivity contribution is 0.475. The van der Waals surface area contributed by atoms with E-state index in [-0.39, 0.29) is 27.3 Å². The molecule has 0 saturated heterocycles. The van der Waals surface area contributed by atoms with Gasteiger partial charge in [-0.05, 0) is 25.0 Å². The smallest absolute Gasteiger partial charge is 0.265 e. The first kappa shape index (κ1) is 16.1. The van der Waals surface area contributed by atoms with E-state index in [2.05, 4.69) is 9.82 Å². The largest absolute Gasteiger partial charge is 0.508 e. The van der Waals surface area contributed by atoms with Crippen LogP contribution in [0.15, 0.2) is 29.3 Å². The summed E-state index contributed by atoms with van der Waals surface area (Å²) >= 11 is 5.99. The summed E-state index contributed by atoms with van der Waals surface area (Å²) in [5.41, 5.74) is 0.845. The van der Waals surface area contributed by atoms with Crippen LogP contribution in [0.25, 0.3) is 0 Å². The van der Waals surface area contributed by atoms with Crippen LogP contribution in [-0.4, -0.2) is 23.3 Å². The first-order chi connectivity index (χ1) is 10.9. The number of phenolic OH excluding ortho intramolecular Hbond substituents is 1. The number of nitrogens with zero attached hydrogens (tertiary/aromatic N) is 2. The van der Waals surface area contributed by atoms with Crippen molar-refractivity contribution in [3.63, 3.8) is 0 Å². The molecule has 2 aromatic rings. The third-order valence-electron chi connectivity index (χ3n) is 4.05. The molecule has 23 heavy (non-hydrogen) atoms. The van der Waals surface area contributed by atoms with E-state index in [0.717, 1.165) is 25.7 Å². The van der Waals surface area contributed by atoms with Crippen molar-refractivity contribution in [2.45, 2.75) is 36.5 Å². The molecule has 2 N–H and O–H groups in total. The van der Waals surface area contributed by atoms with Crippen molar-refractivity contribution in [3.05, 3.63) is 35.1 Å². The summed E-state index contributed by atoms with van der Waals surface area (Å²) in [4.78, 5) is 0.191. The molecular weight excluding hydrogens is 338 g/mol. The van der Waals surface area contributed by atoms with Crippen LogP contribution in [0.2, 0.25) is 5.02 Å². The Morgan fingerprint density at radius 3 is 2.70 bits per heavy atom. The van der Waals surface area contributed by atoms with Gasteiger partial charge in [0.15, 0.2) is 0 Å². The minimum atomic E-state index is -3.80. The second kappa shape index (κ2) is 6.05. The molecule has 1 heterocycles. The second-order valence-electron chi connectivity index (χ2n) is 5.80. The summed E-state index contributed by atoms with van der Waals surface area (Å²) in [6, 6.07) is 4.10. The van der Waals surface area contributed by atoms with Crippen LogP contribution < -0.4 is 4.72 Å². The number of phenols is 1. The van der Waals surface area contributed by atoms with Gasteiger partial charge in [-0.25, -0.2) is 8.42 Å². The summed E-state index contributed by atoms with van der Waals surface area (Å²) < 4.78 is 29.5. The van der Waals surface area contributed by atoms with Crippen LogP contribution in [-0.2, 0) is 17.1 Å². The Balaban J connectivity index is 1.96. The minimum absolute atomic E-state index is 0.0222. The zero-order valence-corrected chi connectivity index (χ0v) is 14.2. The molecule has 0 bridgehead atoms. The van der Waals surface area contributed by atoms with Crippen LogP contribution in [0.1, 0.15) is 37.3 Å². The van der Waals surface area contributed by atoms with E-state index in [4.69, 9.17) is 11.6 Å². The Hall–Kier alpha value is -1.73. The molecule has 8 heteroatoms. The average Bonchev–Trinajstić information content (AvgIpc) is 3.11. The van der Waals surface area contributed by atoms with Crippen molar-refractivity contribution in [1.29, 1.82) is 0 Å². The number of anilines is 1. The number of hydrogen-bond acceptors (Lipinski definition) is 4. The predicted octanol–water partition coefficient (Wildman–Crippen LogP) is 3.24. The van der Waals surface area contributed by atoms with Gasteiger partial charge in [0.05, 0.1) is 16.4 Å². The zero-order chi connectivity index (χ0) is 16.6. The van der Waals surface area contributed by atoms with Gasteiger partial charge >= 0.3 is 0 Å². The molecule has 6 nitrogen and oxygen atoms in total. The number of aryl methyl sites for hydroxylation is 1. The summed E-state index contributed by atoms with van der Waals surface area (Å²) in [6.07, 6.45) is 5.62. The molecule has 3 rings (SSSR count). The SMILES string of the molecule is Cn1cc(S(=O)(=O)Nc2ccc(O)cc2Cl)c(C2CCCC2)n1. The van der Waals surface area contributed by atoms with Crippen LogP contribution in [0.3, 0.4) is 0 Å². The minimum Gasteiger partial charge on any atom is -0.508 e. The summed E-state index contributed by atoms with van der Waals surface area (Å²) in [5, 5.41) is 13.9. The van der Waals surface area contributed by atoms with Crippen LogP contribution in [0.4, 0.5) is 5.69 Å². The number of hydrogen-bond donors (Lipinski definition) is 2. The number of rotatable bonds is 4. The molecule has 0 atom stereocenters. The van der Waals surface area contributed by atoms with Crippen LogP contribution >= 0.6 is 11.6 Å². The molecule has 0 radical (unpaired) electrons. The predicted molar refractivity (Wildman–Crippen MR) is 88.3 cm³/mol. The van der Waals surface area contributed by atoms with E-state index >= 15 is 0 Å². The van der Waals surface area contributed by atoms with Gasteiger partial charge in [0.2, 0.25) is 0 Å². The van der Waals surface area contributed by atoms with Gasteiger partial charge in [0, 0.05) is 25.2 Å². The van der Waals surface area contributed by atoms with Gasteiger partial charge in [-0.3, -0.25) is 9.40 Å². The fraction of sp³-hybridized carbons (Fsp3) is 0.400. The Kier molecular flexibility index (Phi) is 4.25. The molecule has 1 aliphatic rings. The van der Waals surface area contributed by atoms with E-state index in [1.165, 1.54) is 29.1 Å². The maximum absolute atomic E-state index is 12.7. The molecule has 1 aliphatic carbocycles. The molecular formula is C15H18ClN3O3S. The number of aromatic nitrogens is 2. The van der Waals surface area contributed by atoms with E-state index in [9.17, 15) is 13.5 Å². The highest BCUT2D eigenvalue weighted by molar-refractivity contribution is 7.92. The van der Waals surface area contributed by atoms with Crippen molar-refractivity contribution >= 4 is 27.3 Å². The first-order valence-electron chi connectivity index (χ1n) is 7.42. The summed E-state index contributed by atoms with van der Waals surface area (Å²) in [6.45, 7) is 0. The maximum Gasteiger partial charge on any atom is 0.265 e. The molecule has 0 unspecified atom stereocenters. The van der Waals surface area contributed by atoms with Gasteiger partial charge in [0.1, 0.15) is 10.6 Å². The van der Waals surface area contributed by atoms with E-state index in [0.29, 0.717) is 5.69 Å². The normalized spacial score (nSPS) is 15.9. The Labute approximate surface area is 140 Å². The third-order valence-corrected chi connectivity index (χ3v) is 5.75. The van der Waals surface area contributed by atoms with Crippen LogP contribution in [0.5, 0.6) is 5.75 Å². The van der Waals surface area contributed by atoms with Crippen molar-refractivity contribution in [2.75, 3.05) is 4.72 Å². The van der Waals surface area contributed by atoms with Gasteiger partial charge in [-0.15, -0.1) is 0 Å². The van der Waals surface area contributed by atoms with Gasteiger partial charge in [-0.1, -0.05) is 24.4 Å². The first-order valence-corrected chi connectivity index (χ1v) is 9.28. The van der Waals surface area contributed by atoms with Gasteiger partial charge in [-0.2, -0.15) is 5.10 Å². The van der Waals surface area contributed by atoms with Crippen molar-refractivity contribution in [2.24, 2.45) is 7.05 Å². The quantitative estimate of drug-likeness (QED) is 0.824. The molecule has 1 aromatic carbocycles. The third kappa shape index (κ3) is 3.30. The van der Waals surface area contributed by atoms with Crippen molar-refractivity contribution < 1.29 is 13.5 Å². The highest BCUT2D eigenvalue weighted by Gasteiger charge is 2.29. The monoisotopic (exact) mass is 355 g/mol. The van der Waals surface area contributed by atoms with E-state index in [1.54, 1.807) is 7.05 Å². The van der Waals surface area contributed by atoms with Gasteiger partial charge in [0.25, 0.3) is 10.0 Å². The number of halogens is 1. The molecule has 0 spiro atoms. The average molecular weight is 356 g/mol. The lowest BCUT2D eigenvalue weighted by Crippen LogP contribution is -2.15. The lowest BCUT2D eigenvalue weighted by atomic mass is 10.1. The second-order valence-corrected chi connectivity index (χ2v) is 7.86. The van der Waals surface area contributed by atoms with Crippen molar-refractivity contribution in [1.82, 2.24) is 9.78 Å². The molecule has 0 aliphatic heterocycles. The van der Waals surface area contributed by atoms with Crippen LogP contribution in [0, 0.1) is 0 Å². The highest BCUT2D eigenvalue weighted by Crippen LogP contribution is 2.37. The number of aromatic hydroxyl groups is 1. The Morgan fingerprint density at radius 1 is 1.35 bits per heavy atom. The fourth-order valence-electron chi connectivity index (χ4n) is 2.96. The Morgan fingerprint density at radius 2 is 2.04 bits per heavy atom. The van der Waals surface area contributed by atoms with E-state index in [1.807, 2.05) is 0 Å². The standard InChI is InChI=1S/C15H18ClN3O3S/c1-19-9-14(15(17-19)10-4-2-3-5-10)23(21,22)18-13-7-6-11(20)8-12(13)16/h6-10,18,20H,2-5H2,1H3. The summed E-state index contributed by atoms with van der Waals surface area (Å²) in [7, 11) is -2.08. The van der Waals surface area contributed by atoms with E-state index < -0.39 is 10.0 Å². The molecule has 0 amide bonds. The Bertz CT molecular complexity index is 826. The molecule has 1 fully saturated rings. The number of nitrogens with one attached hydrogen (secondary N) is 1. The molecule has 1 aromatic heterocycles.